The van der Waals surface area contributed by atoms with Crippen molar-refractivity contribution in [2.75, 3.05) is 52.1 Å². The van der Waals surface area contributed by atoms with Gasteiger partial charge in [0.2, 0.25) is 0 Å². The summed E-state index contributed by atoms with van der Waals surface area (Å²) >= 11 is 0. The number of hydrogen-bond donors (Lipinski definition) is 2. The molecule has 1 atom stereocenters. The number of nitrogen functional groups attached to an aromatic ring is 1. The van der Waals surface area contributed by atoms with Gasteiger partial charge in [-0.1, -0.05) is 12.1 Å². The number of hydrogen-bond acceptors (Lipinski definition) is 5. The fourth-order valence-corrected chi connectivity index (χ4v) is 2.62. The molecule has 0 bridgehead atoms. The Morgan fingerprint density at radius 3 is 2.76 bits per heavy atom. The summed E-state index contributed by atoms with van der Waals surface area (Å²) < 4.78 is 5.57. The molecule has 0 amide bonds. The molecule has 3 N–H and O–H groups in total. The van der Waals surface area contributed by atoms with Gasteiger partial charge in [-0.25, -0.2) is 0 Å². The van der Waals surface area contributed by atoms with Gasteiger partial charge in [-0.2, -0.15) is 0 Å². The summed E-state index contributed by atoms with van der Waals surface area (Å²) in [6, 6.07) is 7.36. The van der Waals surface area contributed by atoms with Crippen LogP contribution < -0.4 is 10.5 Å². The van der Waals surface area contributed by atoms with Crippen molar-refractivity contribution in [2.45, 2.75) is 18.9 Å². The lowest BCUT2D eigenvalue weighted by Gasteiger charge is -2.23. The first-order valence-electron chi connectivity index (χ1n) is 7.71. The van der Waals surface area contributed by atoms with Gasteiger partial charge >= 0.3 is 0 Å². The molecule has 5 nitrogen and oxygen atoms in total. The third kappa shape index (κ3) is 5.53. The maximum absolute atomic E-state index is 10.0. The van der Waals surface area contributed by atoms with E-state index < -0.39 is 6.10 Å². The molecule has 1 fully saturated rings. The average molecular weight is 293 g/mol. The van der Waals surface area contributed by atoms with Gasteiger partial charge in [-0.15, -0.1) is 0 Å². The van der Waals surface area contributed by atoms with E-state index in [1.165, 1.54) is 25.9 Å². The van der Waals surface area contributed by atoms with E-state index in [-0.39, 0.29) is 6.61 Å². The fourth-order valence-electron chi connectivity index (χ4n) is 2.62. The van der Waals surface area contributed by atoms with Crippen molar-refractivity contribution in [1.82, 2.24) is 9.80 Å². The topological polar surface area (TPSA) is 62.0 Å². The Hall–Kier alpha value is -1.30. The van der Waals surface area contributed by atoms with Crippen molar-refractivity contribution in [3.63, 3.8) is 0 Å². The van der Waals surface area contributed by atoms with Gasteiger partial charge in [0.1, 0.15) is 18.5 Å². The molecule has 1 aliphatic rings. The minimum absolute atomic E-state index is 0.266. The van der Waals surface area contributed by atoms with Crippen molar-refractivity contribution in [3.8, 4) is 5.75 Å². The summed E-state index contributed by atoms with van der Waals surface area (Å²) in [5.41, 5.74) is 6.41. The number of para-hydroxylation sites is 2. The first-order chi connectivity index (χ1) is 10.1. The first-order valence-corrected chi connectivity index (χ1v) is 7.71. The molecule has 1 aliphatic heterocycles. The van der Waals surface area contributed by atoms with Crippen LogP contribution in [0.2, 0.25) is 0 Å². The molecule has 118 valence electrons. The fraction of sp³-hybridized carbons (Fsp3) is 0.625. The van der Waals surface area contributed by atoms with Crippen LogP contribution in [0.4, 0.5) is 5.69 Å². The standard InChI is InChI=1S/C16H27N3O2/c1-18(10-11-19-8-4-5-9-19)12-14(20)13-21-16-7-3-2-6-15(16)17/h2-3,6-7,14,20H,4-5,8-13,17H2,1H3. The first kappa shape index (κ1) is 16.1. The minimum atomic E-state index is -0.506. The van der Waals surface area contributed by atoms with E-state index in [4.69, 9.17) is 10.5 Å². The maximum atomic E-state index is 10.0. The largest absolute Gasteiger partial charge is 0.489 e. The van der Waals surface area contributed by atoms with E-state index in [1.807, 2.05) is 25.2 Å². The second kappa shape index (κ2) is 8.22. The predicted molar refractivity (Wildman–Crippen MR) is 85.5 cm³/mol. The molecule has 1 aromatic carbocycles. The zero-order valence-electron chi connectivity index (χ0n) is 12.9. The number of nitrogens with zero attached hydrogens (tertiary/aromatic N) is 2. The molecular weight excluding hydrogens is 266 g/mol. The normalized spacial score (nSPS) is 17.3. The van der Waals surface area contributed by atoms with Gasteiger partial charge in [0.25, 0.3) is 0 Å². The summed E-state index contributed by atoms with van der Waals surface area (Å²) in [6.45, 7) is 5.36. The van der Waals surface area contributed by atoms with E-state index >= 15 is 0 Å². The molecule has 21 heavy (non-hydrogen) atoms. The minimum Gasteiger partial charge on any atom is -0.489 e. The van der Waals surface area contributed by atoms with E-state index in [1.54, 1.807) is 6.07 Å². The highest BCUT2D eigenvalue weighted by Gasteiger charge is 2.14. The molecule has 1 aromatic rings. The molecule has 0 aromatic heterocycles. The van der Waals surface area contributed by atoms with Crippen molar-refractivity contribution >= 4 is 5.69 Å². The van der Waals surface area contributed by atoms with Crippen LogP contribution in [0.3, 0.4) is 0 Å². The second-order valence-corrected chi connectivity index (χ2v) is 5.81. The lowest BCUT2D eigenvalue weighted by Crippen LogP contribution is -2.37. The number of anilines is 1. The van der Waals surface area contributed by atoms with Gasteiger partial charge in [0.05, 0.1) is 5.69 Å². The molecule has 1 saturated heterocycles. The number of benzene rings is 1. The zero-order chi connectivity index (χ0) is 15.1. The number of aliphatic hydroxyl groups is 1. The number of rotatable bonds is 8. The van der Waals surface area contributed by atoms with Gasteiger partial charge in [-0.3, -0.25) is 0 Å². The molecule has 0 radical (unpaired) electrons. The van der Waals surface area contributed by atoms with Crippen LogP contribution >= 0.6 is 0 Å². The summed E-state index contributed by atoms with van der Waals surface area (Å²) in [4.78, 5) is 4.63. The highest BCUT2D eigenvalue weighted by atomic mass is 16.5. The van der Waals surface area contributed by atoms with Gasteiger partial charge in [-0.05, 0) is 45.1 Å². The number of ether oxygens (including phenoxy) is 1. The summed E-state index contributed by atoms with van der Waals surface area (Å²) in [7, 11) is 2.04. The molecule has 2 rings (SSSR count). The number of aliphatic hydroxyl groups excluding tert-OH is 1. The number of likely N-dealkylation sites (N-methyl/N-ethyl adjacent to an activating group) is 1. The molecule has 0 saturated carbocycles. The highest BCUT2D eigenvalue weighted by Crippen LogP contribution is 2.19. The third-order valence-corrected chi connectivity index (χ3v) is 3.87. The quantitative estimate of drug-likeness (QED) is 0.701. The number of likely N-dealkylation sites (tertiary alicyclic amines) is 1. The average Bonchev–Trinajstić information content (AvgIpc) is 2.97. The van der Waals surface area contributed by atoms with Crippen LogP contribution in [0, 0.1) is 0 Å². The van der Waals surface area contributed by atoms with Gasteiger partial charge in [0, 0.05) is 19.6 Å². The van der Waals surface area contributed by atoms with Crippen molar-refractivity contribution in [3.05, 3.63) is 24.3 Å². The maximum Gasteiger partial charge on any atom is 0.142 e. The number of nitrogens with two attached hydrogens (primary N) is 1. The lowest BCUT2D eigenvalue weighted by molar-refractivity contribution is 0.0741. The van der Waals surface area contributed by atoms with E-state index in [9.17, 15) is 5.11 Å². The van der Waals surface area contributed by atoms with Crippen molar-refractivity contribution in [2.24, 2.45) is 0 Å². The van der Waals surface area contributed by atoms with Crippen molar-refractivity contribution < 1.29 is 9.84 Å². The van der Waals surface area contributed by atoms with Crippen LogP contribution in [0.1, 0.15) is 12.8 Å². The Labute approximate surface area is 127 Å². The summed E-state index contributed by atoms with van der Waals surface area (Å²) in [5, 5.41) is 10.0. The van der Waals surface area contributed by atoms with E-state index in [2.05, 4.69) is 9.80 Å². The Kier molecular flexibility index (Phi) is 6.29. The summed E-state index contributed by atoms with van der Waals surface area (Å²) in [5.74, 6) is 0.635. The van der Waals surface area contributed by atoms with Crippen LogP contribution in [0.25, 0.3) is 0 Å². The van der Waals surface area contributed by atoms with Crippen LogP contribution in [0.15, 0.2) is 24.3 Å². The molecule has 0 spiro atoms. The van der Waals surface area contributed by atoms with Crippen molar-refractivity contribution in [1.29, 1.82) is 0 Å². The molecular formula is C16H27N3O2. The Balaban J connectivity index is 1.64. The lowest BCUT2D eigenvalue weighted by atomic mass is 10.3. The molecule has 1 unspecified atom stereocenters. The second-order valence-electron chi connectivity index (χ2n) is 5.81. The van der Waals surface area contributed by atoms with Gasteiger partial charge in [0.15, 0.2) is 0 Å². The SMILES string of the molecule is CN(CCN1CCCC1)CC(O)COc1ccccc1N. The third-order valence-electron chi connectivity index (χ3n) is 3.87. The van der Waals surface area contributed by atoms with E-state index in [0.717, 1.165) is 13.1 Å². The molecule has 5 heteroatoms. The highest BCUT2D eigenvalue weighted by molar-refractivity contribution is 5.51. The smallest absolute Gasteiger partial charge is 0.142 e. The Bertz CT molecular complexity index is 422. The monoisotopic (exact) mass is 293 g/mol. The molecule has 0 aliphatic carbocycles. The van der Waals surface area contributed by atoms with Gasteiger partial charge < -0.3 is 25.4 Å². The Morgan fingerprint density at radius 1 is 1.33 bits per heavy atom. The zero-order valence-corrected chi connectivity index (χ0v) is 12.9. The Morgan fingerprint density at radius 2 is 2.05 bits per heavy atom. The van der Waals surface area contributed by atoms with Crippen LogP contribution in [-0.2, 0) is 0 Å². The molecule has 1 heterocycles. The predicted octanol–water partition coefficient (Wildman–Crippen LogP) is 1.04. The summed E-state index contributed by atoms with van der Waals surface area (Å²) in [6.07, 6.45) is 2.13. The van der Waals surface area contributed by atoms with E-state index in [0.29, 0.717) is 18.0 Å². The van der Waals surface area contributed by atoms with Crippen LogP contribution in [0.5, 0.6) is 5.75 Å². The van der Waals surface area contributed by atoms with Crippen LogP contribution in [-0.4, -0.2) is 67.4 Å².